The number of nitrogens with one attached hydrogen (secondary N) is 2. The topological polar surface area (TPSA) is 73.9 Å². The molecule has 2 aromatic rings. The highest BCUT2D eigenvalue weighted by Gasteiger charge is 2.60. The second-order valence-electron chi connectivity index (χ2n) is 7.54. The molecule has 2 atom stereocenters. The summed E-state index contributed by atoms with van der Waals surface area (Å²) in [7, 11) is 0. The largest absolute Gasteiger partial charge is 0.322 e. The maximum atomic E-state index is 14.0. The highest BCUT2D eigenvalue weighted by Crippen LogP contribution is 2.64. The third kappa shape index (κ3) is 2.33. The highest BCUT2D eigenvalue weighted by molar-refractivity contribution is 6.29. The van der Waals surface area contributed by atoms with Crippen LogP contribution in [0, 0.1) is 11.7 Å². The molecule has 2 unspecified atom stereocenters. The molecule has 0 aromatic carbocycles. The molecule has 2 aliphatic carbocycles. The number of urea groups is 1. The van der Waals surface area contributed by atoms with E-state index in [9.17, 15) is 9.18 Å². The van der Waals surface area contributed by atoms with Gasteiger partial charge in [-0.15, -0.1) is 0 Å². The Balaban J connectivity index is 1.36. The molecule has 0 bridgehead atoms. The molecule has 1 aliphatic heterocycles. The Labute approximate surface area is 155 Å². The van der Waals surface area contributed by atoms with Crippen LogP contribution >= 0.6 is 11.6 Å². The van der Waals surface area contributed by atoms with Crippen molar-refractivity contribution in [2.24, 2.45) is 5.92 Å². The summed E-state index contributed by atoms with van der Waals surface area (Å²) in [6.07, 6.45) is 7.07. The lowest BCUT2D eigenvalue weighted by Gasteiger charge is -2.28. The van der Waals surface area contributed by atoms with Crippen LogP contribution in [-0.2, 0) is 18.4 Å². The van der Waals surface area contributed by atoms with Gasteiger partial charge >= 0.3 is 6.03 Å². The minimum absolute atomic E-state index is 0.0462. The van der Waals surface area contributed by atoms with Crippen molar-refractivity contribution in [3.05, 3.63) is 40.2 Å². The summed E-state index contributed by atoms with van der Waals surface area (Å²) in [4.78, 5) is 18.0. The van der Waals surface area contributed by atoms with Crippen LogP contribution in [0.15, 0.2) is 12.3 Å². The molecule has 3 aliphatic rings. The fraction of sp³-hybridized carbons (Fsp3) is 0.500. The minimum atomic E-state index is -0.713. The van der Waals surface area contributed by atoms with Crippen molar-refractivity contribution < 1.29 is 9.18 Å². The van der Waals surface area contributed by atoms with E-state index in [1.165, 1.54) is 37.9 Å². The zero-order valence-corrected chi connectivity index (χ0v) is 14.9. The molecule has 2 aromatic heterocycles. The molecule has 0 spiro atoms. The van der Waals surface area contributed by atoms with Gasteiger partial charge in [-0.3, -0.25) is 5.10 Å². The first-order valence-electron chi connectivity index (χ1n) is 9.01. The molecule has 5 rings (SSSR count). The lowest BCUT2D eigenvalue weighted by atomic mass is 9.92. The Kier molecular flexibility index (Phi) is 3.50. The van der Waals surface area contributed by atoms with Crippen molar-refractivity contribution in [2.45, 2.75) is 44.1 Å². The van der Waals surface area contributed by atoms with Gasteiger partial charge in [-0.2, -0.15) is 5.10 Å². The normalized spacial score (nSPS) is 26.4. The Morgan fingerprint density at radius 1 is 1.50 bits per heavy atom. The molecule has 136 valence electrons. The van der Waals surface area contributed by atoms with Gasteiger partial charge in [-0.05, 0) is 31.2 Å². The number of hydrogen-bond donors (Lipinski definition) is 2. The Morgan fingerprint density at radius 2 is 2.38 bits per heavy atom. The molecule has 0 radical (unpaired) electrons. The summed E-state index contributed by atoms with van der Waals surface area (Å²) in [6, 6.07) is 1.07. The molecule has 2 amide bonds. The molecular weight excluding hydrogens is 357 g/mol. The van der Waals surface area contributed by atoms with Crippen LogP contribution in [0.5, 0.6) is 0 Å². The predicted molar refractivity (Wildman–Crippen MR) is 94.6 cm³/mol. The number of H-pyrrole nitrogens is 1. The number of aromatic amines is 1. The average molecular weight is 376 g/mol. The number of hydrogen-bond acceptors (Lipinski definition) is 3. The molecule has 2 saturated carbocycles. The third-order valence-electron chi connectivity index (χ3n) is 6.19. The summed E-state index contributed by atoms with van der Waals surface area (Å²) in [5.74, 6) is 0.0436. The Bertz CT molecular complexity index is 900. The van der Waals surface area contributed by atoms with E-state index in [1.807, 2.05) is 0 Å². The summed E-state index contributed by atoms with van der Waals surface area (Å²) in [5, 5.41) is 10.2. The van der Waals surface area contributed by atoms with Gasteiger partial charge in [-0.25, -0.2) is 14.2 Å². The molecule has 8 heteroatoms. The molecule has 2 N–H and O–H groups in total. The monoisotopic (exact) mass is 375 g/mol. The number of amides is 2. The second-order valence-corrected chi connectivity index (χ2v) is 7.90. The van der Waals surface area contributed by atoms with Crippen molar-refractivity contribution in [3.63, 3.8) is 0 Å². The predicted octanol–water partition coefficient (Wildman–Crippen LogP) is 3.63. The summed E-state index contributed by atoms with van der Waals surface area (Å²) >= 11 is 5.69. The lowest BCUT2D eigenvalue weighted by Crippen LogP contribution is -2.39. The standard InChI is InChI=1S/C18H19ClFN5O/c19-16-14(20)13(3-6-21-16)22-17(26)25-7-4-12-11(9-25)15(24-23-12)18-5-1-2-10(18)8-18/h3,6,10H,1-2,4-5,7-9H2,(H,23,24)(H,21,22,26). The van der Waals surface area contributed by atoms with E-state index in [1.54, 1.807) is 4.90 Å². The number of halogens is 2. The third-order valence-corrected chi connectivity index (χ3v) is 6.45. The van der Waals surface area contributed by atoms with Crippen LogP contribution in [0.1, 0.15) is 42.6 Å². The molecular formula is C18H19ClFN5O. The molecule has 3 heterocycles. The molecule has 26 heavy (non-hydrogen) atoms. The fourth-order valence-corrected chi connectivity index (χ4v) is 4.89. The average Bonchev–Trinajstić information content (AvgIpc) is 3.00. The first-order valence-corrected chi connectivity index (χ1v) is 9.39. The van der Waals surface area contributed by atoms with Crippen LogP contribution in [0.2, 0.25) is 5.15 Å². The van der Waals surface area contributed by atoms with Crippen molar-refractivity contribution in [1.82, 2.24) is 20.1 Å². The van der Waals surface area contributed by atoms with Gasteiger partial charge in [0, 0.05) is 35.8 Å². The van der Waals surface area contributed by atoms with Crippen molar-refractivity contribution >= 4 is 23.3 Å². The Morgan fingerprint density at radius 3 is 3.15 bits per heavy atom. The van der Waals surface area contributed by atoms with Crippen LogP contribution in [-0.4, -0.2) is 32.7 Å². The van der Waals surface area contributed by atoms with Crippen LogP contribution in [0.25, 0.3) is 0 Å². The van der Waals surface area contributed by atoms with E-state index in [0.717, 1.165) is 29.3 Å². The molecule has 0 saturated heterocycles. The number of carbonyl (C=O) groups is 1. The van der Waals surface area contributed by atoms with Crippen LogP contribution in [0.4, 0.5) is 14.9 Å². The van der Waals surface area contributed by atoms with E-state index in [4.69, 9.17) is 11.6 Å². The minimum Gasteiger partial charge on any atom is -0.320 e. The van der Waals surface area contributed by atoms with Gasteiger partial charge in [0.25, 0.3) is 0 Å². The van der Waals surface area contributed by atoms with Crippen molar-refractivity contribution in [2.75, 3.05) is 11.9 Å². The summed E-state index contributed by atoms with van der Waals surface area (Å²) < 4.78 is 14.0. The highest BCUT2D eigenvalue weighted by atomic mass is 35.5. The van der Waals surface area contributed by atoms with Gasteiger partial charge in [0.15, 0.2) is 11.0 Å². The van der Waals surface area contributed by atoms with Gasteiger partial charge in [-0.1, -0.05) is 18.0 Å². The number of carbonyl (C=O) groups excluding carboxylic acids is 1. The van der Waals surface area contributed by atoms with Crippen molar-refractivity contribution in [1.29, 1.82) is 0 Å². The van der Waals surface area contributed by atoms with Gasteiger partial charge in [0.1, 0.15) is 0 Å². The van der Waals surface area contributed by atoms with Crippen LogP contribution < -0.4 is 5.32 Å². The number of rotatable bonds is 2. The van der Waals surface area contributed by atoms with Gasteiger partial charge < -0.3 is 10.2 Å². The number of anilines is 1. The number of nitrogens with zero attached hydrogens (tertiary/aromatic N) is 3. The zero-order chi connectivity index (χ0) is 17.9. The number of aromatic nitrogens is 3. The lowest BCUT2D eigenvalue weighted by molar-refractivity contribution is 0.205. The number of pyridine rings is 1. The molecule has 6 nitrogen and oxygen atoms in total. The van der Waals surface area contributed by atoms with Crippen molar-refractivity contribution in [3.8, 4) is 0 Å². The van der Waals surface area contributed by atoms with E-state index < -0.39 is 5.82 Å². The maximum absolute atomic E-state index is 14.0. The second kappa shape index (κ2) is 5.67. The van der Waals surface area contributed by atoms with E-state index in [0.29, 0.717) is 13.1 Å². The number of fused-ring (bicyclic) bond motifs is 2. The van der Waals surface area contributed by atoms with E-state index in [2.05, 4.69) is 20.5 Å². The first-order chi connectivity index (χ1) is 12.6. The first kappa shape index (κ1) is 16.1. The quantitative estimate of drug-likeness (QED) is 0.787. The maximum Gasteiger partial charge on any atom is 0.322 e. The van der Waals surface area contributed by atoms with Crippen LogP contribution in [0.3, 0.4) is 0 Å². The van der Waals surface area contributed by atoms with E-state index in [-0.39, 0.29) is 22.3 Å². The van der Waals surface area contributed by atoms with Gasteiger partial charge in [0.2, 0.25) is 0 Å². The van der Waals surface area contributed by atoms with E-state index >= 15 is 0 Å². The van der Waals surface area contributed by atoms with Gasteiger partial charge in [0.05, 0.1) is 17.9 Å². The smallest absolute Gasteiger partial charge is 0.320 e. The SMILES string of the molecule is O=C(Nc1ccnc(Cl)c1F)N1CCc2[nH]nc(C34CCCC3C4)c2C1. The zero-order valence-electron chi connectivity index (χ0n) is 14.2. The summed E-state index contributed by atoms with van der Waals surface area (Å²) in [5.41, 5.74) is 3.74. The Hall–Kier alpha value is -2.15. The fourth-order valence-electron chi connectivity index (χ4n) is 4.73. The molecule has 2 fully saturated rings. The summed E-state index contributed by atoms with van der Waals surface area (Å²) in [6.45, 7) is 1.07.